The predicted molar refractivity (Wildman–Crippen MR) is 101 cm³/mol. The molecular weight excluding hydrogens is 348 g/mol. The lowest BCUT2D eigenvalue weighted by atomic mass is 10.1. The van der Waals surface area contributed by atoms with E-state index in [-0.39, 0.29) is 11.4 Å². The van der Waals surface area contributed by atoms with E-state index in [4.69, 9.17) is 4.42 Å². The number of nitrogens with one attached hydrogen (secondary N) is 1. The van der Waals surface area contributed by atoms with Crippen molar-refractivity contribution in [1.82, 2.24) is 9.71 Å². The molecule has 0 amide bonds. The third-order valence-electron chi connectivity index (χ3n) is 4.18. The summed E-state index contributed by atoms with van der Waals surface area (Å²) in [7, 11) is -3.52. The summed E-state index contributed by atoms with van der Waals surface area (Å²) in [6, 6.07) is 14.7. The van der Waals surface area contributed by atoms with Crippen molar-refractivity contribution in [3.8, 4) is 11.5 Å². The Bertz CT molecular complexity index is 989. The Hall–Kier alpha value is -2.44. The van der Waals surface area contributed by atoms with Gasteiger partial charge in [0.05, 0.1) is 10.6 Å². The van der Waals surface area contributed by atoms with Crippen LogP contribution in [-0.2, 0) is 16.4 Å². The van der Waals surface area contributed by atoms with E-state index in [1.807, 2.05) is 45.0 Å². The van der Waals surface area contributed by atoms with Gasteiger partial charge in [-0.2, -0.15) is 0 Å². The summed E-state index contributed by atoms with van der Waals surface area (Å²) >= 11 is 0. The molecule has 1 heterocycles. The van der Waals surface area contributed by atoms with Gasteiger partial charge < -0.3 is 4.42 Å². The van der Waals surface area contributed by atoms with Gasteiger partial charge in [-0.3, -0.25) is 0 Å². The van der Waals surface area contributed by atoms with Crippen molar-refractivity contribution in [3.05, 3.63) is 71.1 Å². The molecule has 0 spiro atoms. The van der Waals surface area contributed by atoms with Gasteiger partial charge in [0.1, 0.15) is 5.76 Å². The number of hydrogen-bond donors (Lipinski definition) is 1. The fourth-order valence-corrected chi connectivity index (χ4v) is 3.62. The molecule has 0 saturated heterocycles. The number of aryl methyl sites for hydroxylation is 3. The number of benzene rings is 2. The average Bonchev–Trinajstić information content (AvgIpc) is 2.97. The van der Waals surface area contributed by atoms with Crippen LogP contribution in [0.1, 0.15) is 22.6 Å². The van der Waals surface area contributed by atoms with Gasteiger partial charge in [0, 0.05) is 18.5 Å². The van der Waals surface area contributed by atoms with Crippen LogP contribution in [-0.4, -0.2) is 19.9 Å². The molecule has 0 aliphatic rings. The third kappa shape index (κ3) is 4.20. The fraction of sp³-hybridized carbons (Fsp3) is 0.250. The highest BCUT2D eigenvalue weighted by Crippen LogP contribution is 2.22. The van der Waals surface area contributed by atoms with Crippen molar-refractivity contribution in [1.29, 1.82) is 0 Å². The van der Waals surface area contributed by atoms with E-state index >= 15 is 0 Å². The normalized spacial score (nSPS) is 11.7. The first-order valence-corrected chi connectivity index (χ1v) is 9.93. The number of aromatic nitrogens is 1. The van der Waals surface area contributed by atoms with E-state index < -0.39 is 10.0 Å². The molecule has 0 aliphatic heterocycles. The smallest absolute Gasteiger partial charge is 0.240 e. The van der Waals surface area contributed by atoms with Crippen LogP contribution in [0.25, 0.3) is 11.5 Å². The molecule has 1 N–H and O–H groups in total. The van der Waals surface area contributed by atoms with Crippen LogP contribution in [0, 0.1) is 20.8 Å². The van der Waals surface area contributed by atoms with Gasteiger partial charge in [-0.1, -0.05) is 35.4 Å². The molecule has 26 heavy (non-hydrogen) atoms. The third-order valence-corrected chi connectivity index (χ3v) is 5.65. The molecule has 0 radical (unpaired) electrons. The first-order valence-electron chi connectivity index (χ1n) is 8.45. The van der Waals surface area contributed by atoms with Crippen LogP contribution in [0.15, 0.2) is 57.8 Å². The largest absolute Gasteiger partial charge is 0.441 e. The Morgan fingerprint density at radius 1 is 0.923 bits per heavy atom. The molecule has 3 rings (SSSR count). The molecule has 0 fully saturated rings. The minimum Gasteiger partial charge on any atom is -0.441 e. The van der Waals surface area contributed by atoms with Gasteiger partial charge in [-0.05, 0) is 45.0 Å². The summed E-state index contributed by atoms with van der Waals surface area (Å²) in [5.41, 5.74) is 3.85. The number of rotatable bonds is 6. The molecule has 2 aromatic carbocycles. The lowest BCUT2D eigenvalue weighted by Crippen LogP contribution is -2.26. The summed E-state index contributed by atoms with van der Waals surface area (Å²) in [6.45, 7) is 6.05. The summed E-state index contributed by atoms with van der Waals surface area (Å²) in [6.07, 6.45) is 0.465. The number of hydrogen-bond acceptors (Lipinski definition) is 4. The van der Waals surface area contributed by atoms with E-state index in [9.17, 15) is 8.42 Å². The van der Waals surface area contributed by atoms with Crippen LogP contribution < -0.4 is 4.72 Å². The van der Waals surface area contributed by atoms with Crippen molar-refractivity contribution < 1.29 is 12.8 Å². The first kappa shape index (κ1) is 18.4. The number of sulfonamides is 1. The Kier molecular flexibility index (Phi) is 5.25. The lowest BCUT2D eigenvalue weighted by molar-refractivity contribution is 0.538. The molecule has 0 bridgehead atoms. The fourth-order valence-electron chi connectivity index (χ4n) is 2.58. The van der Waals surface area contributed by atoms with E-state index in [1.165, 1.54) is 5.56 Å². The summed E-state index contributed by atoms with van der Waals surface area (Å²) in [4.78, 5) is 4.78. The maximum Gasteiger partial charge on any atom is 0.240 e. The Balaban J connectivity index is 1.66. The number of nitrogens with zero attached hydrogens (tertiary/aromatic N) is 1. The van der Waals surface area contributed by atoms with Crippen LogP contribution >= 0.6 is 0 Å². The molecule has 3 aromatic rings. The first-order chi connectivity index (χ1) is 12.3. The molecule has 0 atom stereocenters. The van der Waals surface area contributed by atoms with Crippen molar-refractivity contribution in [2.24, 2.45) is 0 Å². The second-order valence-corrected chi connectivity index (χ2v) is 8.12. The molecule has 0 unspecified atom stereocenters. The van der Waals surface area contributed by atoms with Gasteiger partial charge in [-0.15, -0.1) is 0 Å². The Labute approximate surface area is 154 Å². The van der Waals surface area contributed by atoms with Crippen LogP contribution in [0.2, 0.25) is 0 Å². The zero-order valence-corrected chi connectivity index (χ0v) is 15.9. The average molecular weight is 370 g/mol. The van der Waals surface area contributed by atoms with E-state index in [1.54, 1.807) is 24.3 Å². The van der Waals surface area contributed by atoms with E-state index in [0.717, 1.165) is 16.8 Å². The molecule has 5 nitrogen and oxygen atoms in total. The van der Waals surface area contributed by atoms with E-state index in [2.05, 4.69) is 9.71 Å². The maximum atomic E-state index is 12.3. The second kappa shape index (κ2) is 7.43. The van der Waals surface area contributed by atoms with Gasteiger partial charge in [0.15, 0.2) is 0 Å². The van der Waals surface area contributed by atoms with Crippen LogP contribution in [0.3, 0.4) is 0 Å². The molecule has 6 heteroatoms. The van der Waals surface area contributed by atoms with Gasteiger partial charge in [-0.25, -0.2) is 18.1 Å². The standard InChI is InChI=1S/C20H22N2O3S/c1-14-4-8-17(9-5-14)20-22-19(16(3)25-20)12-13-21-26(23,24)18-10-6-15(2)7-11-18/h4-11,21H,12-13H2,1-3H3. The zero-order valence-electron chi connectivity index (χ0n) is 15.1. The highest BCUT2D eigenvalue weighted by atomic mass is 32.2. The minimum atomic E-state index is -3.52. The maximum absolute atomic E-state index is 12.3. The Morgan fingerprint density at radius 2 is 1.50 bits per heavy atom. The van der Waals surface area contributed by atoms with Crippen LogP contribution in [0.4, 0.5) is 0 Å². The monoisotopic (exact) mass is 370 g/mol. The van der Waals surface area contributed by atoms with Crippen molar-refractivity contribution >= 4 is 10.0 Å². The lowest BCUT2D eigenvalue weighted by Gasteiger charge is -2.06. The highest BCUT2D eigenvalue weighted by Gasteiger charge is 2.15. The van der Waals surface area contributed by atoms with E-state index in [0.29, 0.717) is 18.1 Å². The van der Waals surface area contributed by atoms with Gasteiger partial charge >= 0.3 is 0 Å². The molecule has 1 aromatic heterocycles. The van der Waals surface area contributed by atoms with Crippen LogP contribution in [0.5, 0.6) is 0 Å². The quantitative estimate of drug-likeness (QED) is 0.716. The summed E-state index contributed by atoms with van der Waals surface area (Å²) in [5.74, 6) is 1.26. The van der Waals surface area contributed by atoms with Crippen molar-refractivity contribution in [2.45, 2.75) is 32.1 Å². The minimum absolute atomic E-state index is 0.261. The van der Waals surface area contributed by atoms with Gasteiger partial charge in [0.25, 0.3) is 0 Å². The van der Waals surface area contributed by atoms with Gasteiger partial charge in [0.2, 0.25) is 15.9 Å². The Morgan fingerprint density at radius 3 is 2.12 bits per heavy atom. The SMILES string of the molecule is Cc1ccc(-c2nc(CCNS(=O)(=O)c3ccc(C)cc3)c(C)o2)cc1. The topological polar surface area (TPSA) is 72.2 Å². The molecular formula is C20H22N2O3S. The molecule has 0 aliphatic carbocycles. The summed E-state index contributed by atoms with van der Waals surface area (Å²) < 4.78 is 33.0. The zero-order chi connectivity index (χ0) is 18.7. The molecule has 136 valence electrons. The van der Waals surface area contributed by atoms with Crippen molar-refractivity contribution in [2.75, 3.05) is 6.54 Å². The molecule has 0 saturated carbocycles. The second-order valence-electron chi connectivity index (χ2n) is 6.35. The van der Waals surface area contributed by atoms with Crippen molar-refractivity contribution in [3.63, 3.8) is 0 Å². The number of oxazole rings is 1. The summed E-state index contributed by atoms with van der Waals surface area (Å²) in [5, 5.41) is 0. The predicted octanol–water partition coefficient (Wildman–Crippen LogP) is 3.79. The highest BCUT2D eigenvalue weighted by molar-refractivity contribution is 7.89.